The molecule has 0 radical (unpaired) electrons. The number of carbonyl (C=O) groups is 1. The van der Waals surface area contributed by atoms with Crippen molar-refractivity contribution >= 4 is 29.0 Å². The number of nitrogen functional groups attached to an aromatic ring is 1. The minimum atomic E-state index is -0.325. The van der Waals surface area contributed by atoms with Crippen molar-refractivity contribution in [2.45, 2.75) is 0 Å². The second-order valence-corrected chi connectivity index (χ2v) is 5.25. The molecule has 3 rings (SSSR count). The smallest absolute Gasteiger partial charge is 0.218 e. The van der Waals surface area contributed by atoms with Crippen LogP contribution in [0.25, 0.3) is 0 Å². The van der Waals surface area contributed by atoms with E-state index in [1.54, 1.807) is 12.1 Å². The van der Waals surface area contributed by atoms with Gasteiger partial charge in [-0.15, -0.1) is 0 Å². The number of nitrogens with zero attached hydrogens (tertiary/aromatic N) is 4. The Balaban J connectivity index is 2.03. The van der Waals surface area contributed by atoms with Crippen LogP contribution in [0.1, 0.15) is 16.1 Å². The Hall–Kier alpha value is -2.25. The first-order valence-electron chi connectivity index (χ1n) is 6.90. The van der Waals surface area contributed by atoms with Crippen LogP contribution in [0.4, 0.5) is 11.6 Å². The standard InChI is InChI=1S/C14H15ClN6O/c15-10-8-19-14(21-6-4-17-5-7-21)11(20-10)12(22)9-2-1-3-18-13(9)16/h1-3,8,17H,4-7H2,(H2,16,18). The minimum absolute atomic E-state index is 0.167. The van der Waals surface area contributed by atoms with Gasteiger partial charge in [0.2, 0.25) is 5.78 Å². The van der Waals surface area contributed by atoms with E-state index in [2.05, 4.69) is 20.3 Å². The Morgan fingerprint density at radius 3 is 2.82 bits per heavy atom. The first-order chi connectivity index (χ1) is 10.7. The third-order valence-corrected chi connectivity index (χ3v) is 3.62. The molecular weight excluding hydrogens is 304 g/mol. The number of ketones is 1. The molecule has 0 amide bonds. The summed E-state index contributed by atoms with van der Waals surface area (Å²) in [6.45, 7) is 3.15. The van der Waals surface area contributed by atoms with Crippen LogP contribution in [0.5, 0.6) is 0 Å². The van der Waals surface area contributed by atoms with Crippen molar-refractivity contribution < 1.29 is 4.79 Å². The van der Waals surface area contributed by atoms with Gasteiger partial charge in [-0.1, -0.05) is 11.6 Å². The Labute approximate surface area is 132 Å². The molecule has 0 bridgehead atoms. The highest BCUT2D eigenvalue weighted by Gasteiger charge is 2.24. The summed E-state index contributed by atoms with van der Waals surface area (Å²) in [5, 5.41) is 3.43. The van der Waals surface area contributed by atoms with Crippen molar-refractivity contribution in [2.24, 2.45) is 0 Å². The number of rotatable bonds is 3. The second kappa shape index (κ2) is 6.25. The highest BCUT2D eigenvalue weighted by molar-refractivity contribution is 6.29. The Morgan fingerprint density at radius 2 is 2.09 bits per heavy atom. The molecule has 1 fully saturated rings. The quantitative estimate of drug-likeness (QED) is 0.806. The fourth-order valence-corrected chi connectivity index (χ4v) is 2.49. The van der Waals surface area contributed by atoms with Crippen LogP contribution in [0.3, 0.4) is 0 Å². The van der Waals surface area contributed by atoms with E-state index in [4.69, 9.17) is 17.3 Å². The van der Waals surface area contributed by atoms with Gasteiger partial charge in [0.1, 0.15) is 11.0 Å². The number of anilines is 2. The molecular formula is C14H15ClN6O. The molecule has 1 aliphatic rings. The summed E-state index contributed by atoms with van der Waals surface area (Å²) >= 11 is 5.92. The zero-order valence-corrected chi connectivity index (χ0v) is 12.5. The number of carbonyl (C=O) groups excluding carboxylic acids is 1. The van der Waals surface area contributed by atoms with Crippen LogP contribution in [0.15, 0.2) is 24.5 Å². The maximum absolute atomic E-state index is 12.8. The van der Waals surface area contributed by atoms with E-state index in [0.29, 0.717) is 11.4 Å². The molecule has 3 heterocycles. The highest BCUT2D eigenvalue weighted by Crippen LogP contribution is 2.23. The van der Waals surface area contributed by atoms with Crippen LogP contribution in [0.2, 0.25) is 5.15 Å². The summed E-state index contributed by atoms with van der Waals surface area (Å²) in [6, 6.07) is 3.28. The third kappa shape index (κ3) is 2.86. The summed E-state index contributed by atoms with van der Waals surface area (Å²) in [5.74, 6) is 0.369. The average Bonchev–Trinajstić information content (AvgIpc) is 2.55. The normalized spacial score (nSPS) is 14.9. The lowest BCUT2D eigenvalue weighted by atomic mass is 10.1. The van der Waals surface area contributed by atoms with Crippen molar-refractivity contribution in [1.29, 1.82) is 0 Å². The molecule has 3 N–H and O–H groups in total. The summed E-state index contributed by atoms with van der Waals surface area (Å²) in [7, 11) is 0. The molecule has 2 aromatic heterocycles. The van der Waals surface area contributed by atoms with Gasteiger partial charge in [-0.05, 0) is 12.1 Å². The SMILES string of the molecule is Nc1ncccc1C(=O)c1nc(Cl)cnc1N1CCNCC1. The molecule has 7 nitrogen and oxygen atoms in total. The topological polar surface area (TPSA) is 97.0 Å². The largest absolute Gasteiger partial charge is 0.383 e. The molecule has 0 saturated carbocycles. The van der Waals surface area contributed by atoms with Gasteiger partial charge in [0.05, 0.1) is 11.8 Å². The Kier molecular flexibility index (Phi) is 4.17. The van der Waals surface area contributed by atoms with E-state index < -0.39 is 0 Å². The van der Waals surface area contributed by atoms with Crippen molar-refractivity contribution in [3.05, 3.63) is 40.9 Å². The van der Waals surface area contributed by atoms with Crippen LogP contribution < -0.4 is 16.0 Å². The summed E-state index contributed by atoms with van der Waals surface area (Å²) in [6.07, 6.45) is 2.98. The molecule has 8 heteroatoms. The number of hydrogen-bond donors (Lipinski definition) is 2. The zero-order valence-electron chi connectivity index (χ0n) is 11.8. The maximum atomic E-state index is 12.8. The summed E-state index contributed by atoms with van der Waals surface area (Å²) in [5.41, 5.74) is 6.29. The summed E-state index contributed by atoms with van der Waals surface area (Å²) < 4.78 is 0. The number of nitrogens with two attached hydrogens (primary N) is 1. The average molecular weight is 319 g/mol. The van der Waals surface area contributed by atoms with E-state index in [9.17, 15) is 4.79 Å². The third-order valence-electron chi connectivity index (χ3n) is 3.44. The van der Waals surface area contributed by atoms with E-state index in [0.717, 1.165) is 26.2 Å². The van der Waals surface area contributed by atoms with Crippen LogP contribution >= 0.6 is 11.6 Å². The molecule has 114 valence electrons. The van der Waals surface area contributed by atoms with E-state index in [-0.39, 0.29) is 22.4 Å². The van der Waals surface area contributed by atoms with Crippen molar-refractivity contribution in [3.63, 3.8) is 0 Å². The molecule has 1 saturated heterocycles. The van der Waals surface area contributed by atoms with Crippen molar-refractivity contribution in [2.75, 3.05) is 36.8 Å². The first kappa shape index (κ1) is 14.7. The number of halogens is 1. The Bertz CT molecular complexity index is 701. The number of aromatic nitrogens is 3. The van der Waals surface area contributed by atoms with Gasteiger partial charge in [0.25, 0.3) is 0 Å². The summed E-state index contributed by atoms with van der Waals surface area (Å²) in [4.78, 5) is 27.2. The number of hydrogen-bond acceptors (Lipinski definition) is 7. The highest BCUT2D eigenvalue weighted by atomic mass is 35.5. The number of nitrogens with one attached hydrogen (secondary N) is 1. The van der Waals surface area contributed by atoms with Gasteiger partial charge in [-0.3, -0.25) is 4.79 Å². The lowest BCUT2D eigenvalue weighted by molar-refractivity contribution is 0.103. The van der Waals surface area contributed by atoms with Gasteiger partial charge in [-0.25, -0.2) is 15.0 Å². The molecule has 0 atom stereocenters. The predicted molar refractivity (Wildman–Crippen MR) is 84.2 cm³/mol. The van der Waals surface area contributed by atoms with Gasteiger partial charge in [0, 0.05) is 32.4 Å². The lowest BCUT2D eigenvalue weighted by Gasteiger charge is -2.29. The lowest BCUT2D eigenvalue weighted by Crippen LogP contribution is -2.44. The molecule has 0 aliphatic carbocycles. The van der Waals surface area contributed by atoms with Crippen molar-refractivity contribution in [1.82, 2.24) is 20.3 Å². The minimum Gasteiger partial charge on any atom is -0.383 e. The number of pyridine rings is 1. The van der Waals surface area contributed by atoms with Crippen LogP contribution in [-0.4, -0.2) is 46.9 Å². The predicted octanol–water partition coefficient (Wildman–Crippen LogP) is 0.748. The second-order valence-electron chi connectivity index (χ2n) is 4.87. The zero-order chi connectivity index (χ0) is 15.5. The van der Waals surface area contributed by atoms with E-state index in [1.807, 2.05) is 4.90 Å². The van der Waals surface area contributed by atoms with Crippen LogP contribution in [-0.2, 0) is 0 Å². The fourth-order valence-electron chi connectivity index (χ4n) is 2.36. The molecule has 0 aromatic carbocycles. The van der Waals surface area contributed by atoms with Gasteiger partial charge in [0.15, 0.2) is 11.5 Å². The van der Waals surface area contributed by atoms with Gasteiger partial charge >= 0.3 is 0 Å². The van der Waals surface area contributed by atoms with Gasteiger partial charge in [-0.2, -0.15) is 0 Å². The first-order valence-corrected chi connectivity index (χ1v) is 7.28. The molecule has 2 aromatic rings. The van der Waals surface area contributed by atoms with Crippen LogP contribution in [0, 0.1) is 0 Å². The molecule has 0 spiro atoms. The number of piperazine rings is 1. The molecule has 0 unspecified atom stereocenters. The fraction of sp³-hybridized carbons (Fsp3) is 0.286. The van der Waals surface area contributed by atoms with E-state index in [1.165, 1.54) is 12.4 Å². The molecule has 22 heavy (non-hydrogen) atoms. The van der Waals surface area contributed by atoms with Gasteiger partial charge < -0.3 is 16.0 Å². The Morgan fingerprint density at radius 1 is 1.32 bits per heavy atom. The molecule has 1 aliphatic heterocycles. The van der Waals surface area contributed by atoms with Crippen molar-refractivity contribution in [3.8, 4) is 0 Å². The monoisotopic (exact) mass is 318 g/mol. The van der Waals surface area contributed by atoms with E-state index >= 15 is 0 Å². The maximum Gasteiger partial charge on any atom is 0.218 e.